The molecule has 0 atom stereocenters. The van der Waals surface area contributed by atoms with Crippen molar-refractivity contribution in [2.24, 2.45) is 5.73 Å². The summed E-state index contributed by atoms with van der Waals surface area (Å²) < 4.78 is 26.5. The van der Waals surface area contributed by atoms with Gasteiger partial charge in [0.15, 0.2) is 0 Å². The fourth-order valence-electron chi connectivity index (χ4n) is 1.34. The minimum absolute atomic E-state index is 0.0859. The van der Waals surface area contributed by atoms with E-state index < -0.39 is 10.0 Å². The highest BCUT2D eigenvalue weighted by Crippen LogP contribution is 2.10. The third-order valence-electron chi connectivity index (χ3n) is 2.35. The highest BCUT2D eigenvalue weighted by atomic mass is 32.2. The van der Waals surface area contributed by atoms with Crippen molar-refractivity contribution in [1.29, 1.82) is 0 Å². The lowest BCUT2D eigenvalue weighted by Gasteiger charge is -2.06. The number of nitrogens with two attached hydrogens (primary N) is 1. The van der Waals surface area contributed by atoms with E-state index in [9.17, 15) is 8.42 Å². The summed E-state index contributed by atoms with van der Waals surface area (Å²) >= 11 is 6.27. The Hall–Kier alpha value is -1.35. The van der Waals surface area contributed by atoms with Gasteiger partial charge in [0.1, 0.15) is 9.88 Å². The molecule has 2 heterocycles. The van der Waals surface area contributed by atoms with Gasteiger partial charge in [-0.05, 0) is 34.5 Å². The van der Waals surface area contributed by atoms with Gasteiger partial charge in [-0.25, -0.2) is 13.1 Å². The zero-order valence-electron chi connectivity index (χ0n) is 9.74. The fraction of sp³-hybridized carbons (Fsp3) is 0.0909. The molecule has 0 saturated heterocycles. The summed E-state index contributed by atoms with van der Waals surface area (Å²) in [5.74, 6) is 0. The summed E-state index contributed by atoms with van der Waals surface area (Å²) in [6.07, 6.45) is 1.24. The summed E-state index contributed by atoms with van der Waals surface area (Å²) in [7, 11) is -3.57. The summed E-state index contributed by atoms with van der Waals surface area (Å²) in [6.45, 7) is 0.253. The van der Waals surface area contributed by atoms with E-state index in [4.69, 9.17) is 18.0 Å². The van der Waals surface area contributed by atoms with Gasteiger partial charge in [0.25, 0.3) is 0 Å². The van der Waals surface area contributed by atoms with Crippen LogP contribution in [0.15, 0.2) is 40.1 Å². The number of aromatic nitrogens is 1. The average molecular weight is 313 g/mol. The zero-order chi connectivity index (χ0) is 13.9. The van der Waals surface area contributed by atoms with Gasteiger partial charge in [-0.3, -0.25) is 4.98 Å². The minimum Gasteiger partial charge on any atom is -0.388 e. The van der Waals surface area contributed by atoms with Crippen LogP contribution in [0.5, 0.6) is 0 Å². The maximum absolute atomic E-state index is 12.0. The Bertz CT molecular complexity index is 664. The van der Waals surface area contributed by atoms with Crippen LogP contribution in [0.3, 0.4) is 0 Å². The quantitative estimate of drug-likeness (QED) is 0.812. The second-order valence-electron chi connectivity index (χ2n) is 3.70. The van der Waals surface area contributed by atoms with Gasteiger partial charge < -0.3 is 5.73 Å². The van der Waals surface area contributed by atoms with E-state index in [1.165, 1.54) is 29.7 Å². The summed E-state index contributed by atoms with van der Waals surface area (Å²) in [4.78, 5) is 4.13. The topological polar surface area (TPSA) is 85.1 Å². The molecule has 0 spiro atoms. The average Bonchev–Trinajstić information content (AvgIpc) is 2.90. The SMILES string of the molecule is NC(=S)c1ccc(S(=O)(=O)NCc2ccsc2)cn1. The molecule has 5 nitrogen and oxygen atoms in total. The van der Waals surface area contributed by atoms with Gasteiger partial charge in [-0.2, -0.15) is 11.3 Å². The molecule has 0 fully saturated rings. The highest BCUT2D eigenvalue weighted by Gasteiger charge is 2.14. The second-order valence-corrected chi connectivity index (χ2v) is 6.69. The molecule has 19 heavy (non-hydrogen) atoms. The van der Waals surface area contributed by atoms with Crippen molar-refractivity contribution in [3.63, 3.8) is 0 Å². The van der Waals surface area contributed by atoms with Crippen LogP contribution in [0.4, 0.5) is 0 Å². The van der Waals surface area contributed by atoms with E-state index >= 15 is 0 Å². The number of hydrogen-bond acceptors (Lipinski definition) is 5. The van der Waals surface area contributed by atoms with Crippen molar-refractivity contribution in [3.05, 3.63) is 46.4 Å². The molecule has 0 saturated carbocycles. The van der Waals surface area contributed by atoms with E-state index in [1.54, 1.807) is 0 Å². The molecule has 2 aromatic heterocycles. The largest absolute Gasteiger partial charge is 0.388 e. The predicted octanol–water partition coefficient (Wildman–Crippen LogP) is 1.26. The first-order chi connectivity index (χ1) is 8.99. The van der Waals surface area contributed by atoms with Crippen LogP contribution in [0.1, 0.15) is 11.3 Å². The molecule has 0 aliphatic heterocycles. The van der Waals surface area contributed by atoms with Gasteiger partial charge >= 0.3 is 0 Å². The normalized spacial score (nSPS) is 11.4. The van der Waals surface area contributed by atoms with Crippen LogP contribution >= 0.6 is 23.6 Å². The molecule has 0 radical (unpaired) electrons. The van der Waals surface area contributed by atoms with Crippen molar-refractivity contribution in [1.82, 2.24) is 9.71 Å². The Balaban J connectivity index is 2.13. The summed E-state index contributed by atoms with van der Waals surface area (Å²) in [5, 5.41) is 3.78. The molecule has 0 aliphatic rings. The Morgan fingerprint density at radius 2 is 2.21 bits per heavy atom. The van der Waals surface area contributed by atoms with Crippen molar-refractivity contribution in [2.45, 2.75) is 11.4 Å². The number of nitrogens with one attached hydrogen (secondary N) is 1. The lowest BCUT2D eigenvalue weighted by atomic mass is 10.3. The van der Waals surface area contributed by atoms with Gasteiger partial charge in [-0.1, -0.05) is 12.2 Å². The standard InChI is InChI=1S/C11H11N3O2S3/c12-11(17)10-2-1-9(6-13-10)19(15,16)14-5-8-3-4-18-7-8/h1-4,6-7,14H,5H2,(H2,12,17). The van der Waals surface area contributed by atoms with E-state index in [2.05, 4.69) is 9.71 Å². The minimum atomic E-state index is -3.57. The van der Waals surface area contributed by atoms with E-state index in [0.717, 1.165) is 5.56 Å². The van der Waals surface area contributed by atoms with Crippen LogP contribution in [0, 0.1) is 0 Å². The molecule has 2 rings (SSSR count). The lowest BCUT2D eigenvalue weighted by Crippen LogP contribution is -2.23. The molecule has 8 heteroatoms. The van der Waals surface area contributed by atoms with Crippen molar-refractivity contribution >= 4 is 38.6 Å². The molecule has 0 unspecified atom stereocenters. The van der Waals surface area contributed by atoms with Crippen LogP contribution < -0.4 is 10.5 Å². The number of pyridine rings is 1. The molecule has 3 N–H and O–H groups in total. The third kappa shape index (κ3) is 3.57. The van der Waals surface area contributed by atoms with E-state index in [1.807, 2.05) is 16.8 Å². The second kappa shape index (κ2) is 5.74. The number of hydrogen-bond donors (Lipinski definition) is 2. The Morgan fingerprint density at radius 3 is 2.74 bits per heavy atom. The summed E-state index contributed by atoms with van der Waals surface area (Å²) in [5.41, 5.74) is 6.71. The number of thiocarbonyl (C=S) groups is 1. The predicted molar refractivity (Wildman–Crippen MR) is 78.5 cm³/mol. The van der Waals surface area contributed by atoms with Crippen molar-refractivity contribution in [3.8, 4) is 0 Å². The summed E-state index contributed by atoms with van der Waals surface area (Å²) in [6, 6.07) is 4.78. The van der Waals surface area contributed by atoms with Crippen molar-refractivity contribution < 1.29 is 8.42 Å². The maximum Gasteiger partial charge on any atom is 0.242 e. The Morgan fingerprint density at radius 1 is 1.42 bits per heavy atom. The molecule has 0 amide bonds. The molecule has 100 valence electrons. The number of thiophene rings is 1. The number of nitrogens with zero attached hydrogens (tertiary/aromatic N) is 1. The monoisotopic (exact) mass is 313 g/mol. The molecule has 0 aromatic carbocycles. The van der Waals surface area contributed by atoms with Crippen LogP contribution in [-0.2, 0) is 16.6 Å². The van der Waals surface area contributed by atoms with Crippen molar-refractivity contribution in [2.75, 3.05) is 0 Å². The van der Waals surface area contributed by atoms with Crippen LogP contribution in [0.25, 0.3) is 0 Å². The molecule has 2 aromatic rings. The van der Waals surface area contributed by atoms with E-state index in [0.29, 0.717) is 5.69 Å². The number of sulfonamides is 1. The first-order valence-corrected chi connectivity index (χ1v) is 8.09. The molecule has 0 bridgehead atoms. The maximum atomic E-state index is 12.0. The molecular formula is C11H11N3O2S3. The number of rotatable bonds is 5. The van der Waals surface area contributed by atoms with Crippen LogP contribution in [0.2, 0.25) is 0 Å². The molecule has 0 aliphatic carbocycles. The van der Waals surface area contributed by atoms with Gasteiger partial charge in [0.05, 0.1) is 5.69 Å². The smallest absolute Gasteiger partial charge is 0.242 e. The fourth-order valence-corrected chi connectivity index (χ4v) is 3.09. The Labute approximate surface area is 120 Å². The van der Waals surface area contributed by atoms with Gasteiger partial charge in [-0.15, -0.1) is 0 Å². The third-order valence-corrected chi connectivity index (χ3v) is 4.67. The molecular weight excluding hydrogens is 302 g/mol. The zero-order valence-corrected chi connectivity index (χ0v) is 12.2. The highest BCUT2D eigenvalue weighted by molar-refractivity contribution is 7.89. The Kier molecular flexibility index (Phi) is 4.25. The lowest BCUT2D eigenvalue weighted by molar-refractivity contribution is 0.581. The van der Waals surface area contributed by atoms with Gasteiger partial charge in [0, 0.05) is 12.7 Å². The van der Waals surface area contributed by atoms with E-state index in [-0.39, 0.29) is 16.4 Å². The van der Waals surface area contributed by atoms with Crippen LogP contribution in [-0.4, -0.2) is 18.4 Å². The first-order valence-electron chi connectivity index (χ1n) is 5.25. The van der Waals surface area contributed by atoms with Gasteiger partial charge in [0.2, 0.25) is 10.0 Å². The first kappa shape index (κ1) is 14.1.